The van der Waals surface area contributed by atoms with Crippen molar-refractivity contribution in [2.24, 2.45) is 10.7 Å². The number of rotatable bonds is 2. The largest absolute Gasteiger partial charge is 0.394 e. The van der Waals surface area contributed by atoms with Crippen LogP contribution in [-0.2, 0) is 9.53 Å². The molecule has 3 heterocycles. The van der Waals surface area contributed by atoms with Gasteiger partial charge in [0, 0.05) is 7.05 Å². The van der Waals surface area contributed by atoms with Crippen LogP contribution in [-0.4, -0.2) is 81.8 Å². The van der Waals surface area contributed by atoms with Gasteiger partial charge in [0.25, 0.3) is 0 Å². The van der Waals surface area contributed by atoms with Crippen LogP contribution in [0.2, 0.25) is 0 Å². The van der Waals surface area contributed by atoms with E-state index < -0.39 is 31.1 Å². The molecule has 3 rings (SSSR count). The molecule has 116 valence electrons. The SMILES string of the molecule is CN1CN([C@@H]2O[C@H](CO)[C@@H](O)[C@H]2O)C2=C1C(=O)[NH2+]C(N)=N2. The lowest BCUT2D eigenvalue weighted by molar-refractivity contribution is -0.452. The van der Waals surface area contributed by atoms with Crippen molar-refractivity contribution in [2.45, 2.75) is 24.5 Å². The van der Waals surface area contributed by atoms with Gasteiger partial charge in [-0.1, -0.05) is 0 Å². The smallest absolute Gasteiger partial charge is 0.370 e. The third-order valence-corrected chi connectivity index (χ3v) is 3.80. The highest BCUT2D eigenvalue weighted by Gasteiger charge is 2.50. The predicted molar refractivity (Wildman–Crippen MR) is 67.8 cm³/mol. The van der Waals surface area contributed by atoms with Gasteiger partial charge in [0.1, 0.15) is 18.3 Å². The number of primary amides is 1. The minimum atomic E-state index is -1.22. The van der Waals surface area contributed by atoms with Crippen LogP contribution in [0.3, 0.4) is 0 Å². The highest BCUT2D eigenvalue weighted by molar-refractivity contribution is 5.94. The lowest BCUT2D eigenvalue weighted by Gasteiger charge is -2.28. The molecule has 1 fully saturated rings. The first-order valence-electron chi connectivity index (χ1n) is 6.51. The molecule has 1 saturated heterocycles. The number of hydrogen-bond acceptors (Lipinski definition) is 9. The van der Waals surface area contributed by atoms with E-state index >= 15 is 0 Å². The minimum absolute atomic E-state index is 0.0748. The number of amides is 1. The van der Waals surface area contributed by atoms with Crippen molar-refractivity contribution in [3.8, 4) is 0 Å². The van der Waals surface area contributed by atoms with Crippen molar-refractivity contribution < 1.29 is 30.2 Å². The number of carbonyl (C=O) groups is 1. The van der Waals surface area contributed by atoms with Crippen LogP contribution in [0, 0.1) is 0 Å². The Hall–Kier alpha value is -1.72. The molecule has 0 aromatic heterocycles. The monoisotopic (exact) mass is 300 g/mol. The summed E-state index contributed by atoms with van der Waals surface area (Å²) in [6, 6.07) is 0. The van der Waals surface area contributed by atoms with Gasteiger partial charge in [-0.05, 0) is 0 Å². The summed E-state index contributed by atoms with van der Waals surface area (Å²) in [5, 5.41) is 30.3. The molecule has 0 unspecified atom stereocenters. The fourth-order valence-electron chi connectivity index (χ4n) is 2.78. The number of quaternary nitrogens is 1. The molecule has 0 aromatic carbocycles. The van der Waals surface area contributed by atoms with Crippen LogP contribution in [0.15, 0.2) is 16.5 Å². The van der Waals surface area contributed by atoms with Gasteiger partial charge in [-0.15, -0.1) is 0 Å². The molecular formula is C11H18N5O5+. The Morgan fingerprint density at radius 1 is 1.48 bits per heavy atom. The lowest BCUT2D eigenvalue weighted by atomic mass is 10.1. The van der Waals surface area contributed by atoms with Crippen LogP contribution >= 0.6 is 0 Å². The fraction of sp³-hybridized carbons (Fsp3) is 0.636. The molecule has 1 amide bonds. The number of aliphatic imine (C=N–C) groups is 1. The molecule has 3 aliphatic heterocycles. The molecule has 0 spiro atoms. The first kappa shape index (κ1) is 14.2. The molecule has 0 aromatic rings. The normalized spacial score (nSPS) is 36.4. The van der Waals surface area contributed by atoms with Crippen LogP contribution in [0.1, 0.15) is 0 Å². The van der Waals surface area contributed by atoms with Crippen LogP contribution in [0.4, 0.5) is 0 Å². The topological polar surface area (TPSA) is 148 Å². The zero-order valence-corrected chi connectivity index (χ0v) is 11.4. The number of nitrogens with two attached hydrogens (primary N) is 2. The third kappa shape index (κ3) is 2.08. The van der Waals surface area contributed by atoms with Crippen molar-refractivity contribution in [1.29, 1.82) is 0 Å². The molecule has 3 aliphatic rings. The average molecular weight is 300 g/mol. The molecule has 4 atom stereocenters. The number of aliphatic hydroxyl groups is 3. The number of carbonyl (C=O) groups excluding carboxylic acids is 1. The highest BCUT2D eigenvalue weighted by atomic mass is 16.6. The summed E-state index contributed by atoms with van der Waals surface area (Å²) in [7, 11) is 1.71. The molecule has 0 radical (unpaired) electrons. The first-order chi connectivity index (χ1) is 9.93. The van der Waals surface area contributed by atoms with Crippen molar-refractivity contribution in [3.05, 3.63) is 11.5 Å². The van der Waals surface area contributed by atoms with E-state index in [0.717, 1.165) is 0 Å². The second-order valence-corrected chi connectivity index (χ2v) is 5.26. The maximum Gasteiger partial charge on any atom is 0.370 e. The molecule has 0 saturated carbocycles. The van der Waals surface area contributed by atoms with E-state index in [1.54, 1.807) is 16.8 Å². The van der Waals surface area contributed by atoms with E-state index in [9.17, 15) is 15.0 Å². The zero-order chi connectivity index (χ0) is 15.3. The van der Waals surface area contributed by atoms with Gasteiger partial charge in [0.15, 0.2) is 17.7 Å². The Morgan fingerprint density at radius 2 is 2.19 bits per heavy atom. The van der Waals surface area contributed by atoms with Crippen LogP contribution in [0.5, 0.6) is 0 Å². The van der Waals surface area contributed by atoms with Crippen molar-refractivity contribution in [1.82, 2.24) is 9.80 Å². The summed E-state index contributed by atoms with van der Waals surface area (Å²) in [6.07, 6.45) is -4.22. The molecule has 0 aliphatic carbocycles. The maximum atomic E-state index is 12.0. The van der Waals surface area contributed by atoms with Gasteiger partial charge >= 0.3 is 11.9 Å². The van der Waals surface area contributed by atoms with Gasteiger partial charge in [-0.3, -0.25) is 0 Å². The van der Waals surface area contributed by atoms with Crippen molar-refractivity contribution in [2.75, 3.05) is 20.3 Å². The molecule has 0 bridgehead atoms. The van der Waals surface area contributed by atoms with E-state index in [-0.39, 0.29) is 18.5 Å². The molecule has 21 heavy (non-hydrogen) atoms. The summed E-state index contributed by atoms with van der Waals surface area (Å²) in [6.45, 7) is -0.157. The standard InChI is InChI=1S/C11H17N5O5/c1-15-3-16(8-5(15)9(20)14-11(12)13-8)10-7(19)6(18)4(2-17)21-10/h4,6-7,10,17-19H,2-3H2,1H3,(H3,12,13,14,20)/p+1/t4-,6-,7-,10-/m1/s1. The fourth-order valence-corrected chi connectivity index (χ4v) is 2.78. The summed E-state index contributed by atoms with van der Waals surface area (Å²) in [5.74, 6) is 0.109. The van der Waals surface area contributed by atoms with Gasteiger partial charge < -0.3 is 35.6 Å². The number of nitrogens with zero attached hydrogens (tertiary/aromatic N) is 3. The summed E-state index contributed by atoms with van der Waals surface area (Å²) < 4.78 is 5.47. The molecule has 7 N–H and O–H groups in total. The van der Waals surface area contributed by atoms with E-state index in [2.05, 4.69) is 4.99 Å². The predicted octanol–water partition coefficient (Wildman–Crippen LogP) is -4.78. The molecule has 10 heteroatoms. The van der Waals surface area contributed by atoms with Crippen LogP contribution < -0.4 is 11.1 Å². The van der Waals surface area contributed by atoms with Gasteiger partial charge in [-0.2, -0.15) is 4.99 Å². The number of likely N-dealkylation sites (N-methyl/N-ethyl adjacent to an activating group) is 1. The first-order valence-corrected chi connectivity index (χ1v) is 6.51. The number of aliphatic hydroxyl groups excluding tert-OH is 3. The summed E-state index contributed by atoms with van der Waals surface area (Å²) >= 11 is 0. The Labute approximate surface area is 120 Å². The maximum absolute atomic E-state index is 12.0. The van der Waals surface area contributed by atoms with E-state index in [0.29, 0.717) is 11.5 Å². The van der Waals surface area contributed by atoms with Gasteiger partial charge in [-0.25, -0.2) is 10.1 Å². The summed E-state index contributed by atoms with van der Waals surface area (Å²) in [5.41, 5.74) is 5.97. The lowest BCUT2D eigenvalue weighted by Crippen LogP contribution is -2.95. The van der Waals surface area contributed by atoms with Crippen molar-refractivity contribution in [3.63, 3.8) is 0 Å². The average Bonchev–Trinajstić information content (AvgIpc) is 2.89. The number of hydrogen-bond donors (Lipinski definition) is 5. The zero-order valence-electron chi connectivity index (χ0n) is 11.4. The van der Waals surface area contributed by atoms with Crippen molar-refractivity contribution >= 4 is 11.9 Å². The minimum Gasteiger partial charge on any atom is -0.394 e. The van der Waals surface area contributed by atoms with E-state index in [1.165, 1.54) is 5.32 Å². The molecule has 10 nitrogen and oxygen atoms in total. The molecular weight excluding hydrogens is 282 g/mol. The quantitative estimate of drug-likeness (QED) is 0.341. The highest BCUT2D eigenvalue weighted by Crippen LogP contribution is 2.32. The van der Waals surface area contributed by atoms with E-state index in [4.69, 9.17) is 15.6 Å². The Balaban J connectivity index is 1.92. The van der Waals surface area contributed by atoms with Gasteiger partial charge in [0.05, 0.1) is 13.3 Å². The Morgan fingerprint density at radius 3 is 2.81 bits per heavy atom. The van der Waals surface area contributed by atoms with Gasteiger partial charge in [0.2, 0.25) is 0 Å². The Kier molecular flexibility index (Phi) is 3.34. The van der Waals surface area contributed by atoms with E-state index in [1.807, 2.05) is 0 Å². The number of guanidine groups is 1. The Bertz CT molecular complexity index is 535. The van der Waals surface area contributed by atoms with Crippen LogP contribution in [0.25, 0.3) is 0 Å². The second kappa shape index (κ2) is 4.93. The second-order valence-electron chi connectivity index (χ2n) is 5.26. The third-order valence-electron chi connectivity index (χ3n) is 3.80. The number of ether oxygens (including phenoxy) is 1. The summed E-state index contributed by atoms with van der Waals surface area (Å²) in [4.78, 5) is 19.3.